The van der Waals surface area contributed by atoms with E-state index < -0.39 is 0 Å². The summed E-state index contributed by atoms with van der Waals surface area (Å²) in [5, 5.41) is 3.58. The van der Waals surface area contributed by atoms with Gasteiger partial charge in [-0.05, 0) is 52.0 Å². The lowest BCUT2D eigenvalue weighted by Gasteiger charge is -2.35. The van der Waals surface area contributed by atoms with Gasteiger partial charge in [-0.15, -0.1) is 0 Å². The minimum absolute atomic E-state index is 0.0232. The molecular formula is C23H21BrClNO4. The van der Waals surface area contributed by atoms with E-state index in [1.165, 1.54) is 0 Å². The first-order valence-corrected chi connectivity index (χ1v) is 10.8. The van der Waals surface area contributed by atoms with Gasteiger partial charge >= 0.3 is 0 Å². The van der Waals surface area contributed by atoms with E-state index in [0.717, 1.165) is 15.6 Å². The maximum Gasteiger partial charge on any atom is 0.225 e. The van der Waals surface area contributed by atoms with Crippen molar-refractivity contribution in [2.24, 2.45) is 0 Å². The van der Waals surface area contributed by atoms with E-state index >= 15 is 0 Å². The number of allylic oxidation sites excluding steroid dienone is 2. The number of carbonyl (C=O) groups is 2. The molecule has 1 aliphatic heterocycles. The summed E-state index contributed by atoms with van der Waals surface area (Å²) < 4.78 is 11.7. The lowest BCUT2D eigenvalue weighted by atomic mass is 9.73. The molecule has 2 aromatic rings. The summed E-state index contributed by atoms with van der Waals surface area (Å²) in [6, 6.07) is 11.2. The van der Waals surface area contributed by atoms with E-state index in [9.17, 15) is 9.59 Å². The van der Waals surface area contributed by atoms with Crippen LogP contribution in [0.2, 0.25) is 5.02 Å². The van der Waals surface area contributed by atoms with Crippen molar-refractivity contribution in [1.29, 1.82) is 0 Å². The molecule has 156 valence electrons. The summed E-state index contributed by atoms with van der Waals surface area (Å²) in [5.74, 6) is 0.688. The monoisotopic (exact) mass is 489 g/mol. The van der Waals surface area contributed by atoms with Crippen molar-refractivity contribution in [2.45, 2.75) is 31.1 Å². The number of Topliss-reactive ketones (excluding diaryl/α,β-unsaturated/α-hetero) is 1. The molecule has 0 fully saturated rings. The molecule has 0 radical (unpaired) electrons. The Bertz CT molecular complexity index is 1070. The van der Waals surface area contributed by atoms with Gasteiger partial charge < -0.3 is 14.8 Å². The number of benzene rings is 2. The second kappa shape index (κ2) is 8.44. The molecule has 0 saturated carbocycles. The molecule has 0 bridgehead atoms. The molecule has 5 nitrogen and oxygen atoms in total. The standard InChI is InChI=1S/C23H21BrClNO4/c1-29-20-11-16(24)21(30-2)9-14(20)15-10-22(28)26-18-7-12(8-19(27)23(15)18)13-5-3-4-6-17(13)25/h3-6,9,11-12,15H,7-8,10H2,1-2H3,(H,26,28)/t12-,15+/m0/s1. The van der Waals surface area contributed by atoms with Crippen molar-refractivity contribution >= 4 is 39.2 Å². The predicted octanol–water partition coefficient (Wildman–Crippen LogP) is 5.12. The first kappa shape index (κ1) is 20.9. The molecule has 0 unspecified atom stereocenters. The molecule has 1 amide bonds. The second-order valence-electron chi connectivity index (χ2n) is 7.48. The normalized spacial score (nSPS) is 21.2. The summed E-state index contributed by atoms with van der Waals surface area (Å²) in [7, 11) is 3.15. The second-order valence-corrected chi connectivity index (χ2v) is 8.74. The Balaban J connectivity index is 1.79. The maximum absolute atomic E-state index is 13.3. The van der Waals surface area contributed by atoms with Gasteiger partial charge in [-0.1, -0.05) is 29.8 Å². The lowest BCUT2D eigenvalue weighted by molar-refractivity contribution is -0.122. The van der Waals surface area contributed by atoms with Crippen LogP contribution in [0.25, 0.3) is 0 Å². The average molecular weight is 491 g/mol. The largest absolute Gasteiger partial charge is 0.496 e. The Morgan fingerprint density at radius 2 is 1.73 bits per heavy atom. The zero-order valence-electron chi connectivity index (χ0n) is 16.6. The van der Waals surface area contributed by atoms with E-state index in [2.05, 4.69) is 21.2 Å². The van der Waals surface area contributed by atoms with Crippen LogP contribution in [0.3, 0.4) is 0 Å². The molecule has 30 heavy (non-hydrogen) atoms. The van der Waals surface area contributed by atoms with Gasteiger partial charge in [-0.3, -0.25) is 9.59 Å². The number of carbonyl (C=O) groups excluding carboxylic acids is 2. The minimum Gasteiger partial charge on any atom is -0.496 e. The van der Waals surface area contributed by atoms with E-state index in [-0.39, 0.29) is 29.9 Å². The topological polar surface area (TPSA) is 64.6 Å². The number of halogens is 2. The van der Waals surface area contributed by atoms with Gasteiger partial charge in [-0.2, -0.15) is 0 Å². The highest BCUT2D eigenvalue weighted by Crippen LogP contribution is 2.47. The van der Waals surface area contributed by atoms with Crippen LogP contribution in [0.15, 0.2) is 52.1 Å². The van der Waals surface area contributed by atoms with Gasteiger partial charge in [0.25, 0.3) is 0 Å². The maximum atomic E-state index is 13.3. The Morgan fingerprint density at radius 1 is 1.00 bits per heavy atom. The highest BCUT2D eigenvalue weighted by Gasteiger charge is 2.39. The van der Waals surface area contributed by atoms with Gasteiger partial charge in [0.15, 0.2) is 5.78 Å². The van der Waals surface area contributed by atoms with Crippen LogP contribution in [0.1, 0.15) is 42.2 Å². The molecule has 0 spiro atoms. The van der Waals surface area contributed by atoms with Crippen LogP contribution in [0.5, 0.6) is 11.5 Å². The van der Waals surface area contributed by atoms with Gasteiger partial charge in [0.1, 0.15) is 11.5 Å². The van der Waals surface area contributed by atoms with Crippen LogP contribution >= 0.6 is 27.5 Å². The van der Waals surface area contributed by atoms with Gasteiger partial charge in [0.2, 0.25) is 5.91 Å². The van der Waals surface area contributed by atoms with Crippen LogP contribution in [0.4, 0.5) is 0 Å². The molecule has 1 heterocycles. The Hall–Kier alpha value is -2.31. The molecule has 2 aromatic carbocycles. The first-order valence-electron chi connectivity index (χ1n) is 9.64. The molecule has 1 aliphatic carbocycles. The van der Waals surface area contributed by atoms with Crippen molar-refractivity contribution in [3.05, 3.63) is 68.3 Å². The molecule has 2 atom stereocenters. The number of ketones is 1. The molecule has 2 aliphatic rings. The SMILES string of the molecule is COc1cc([C@H]2CC(=O)NC3=C2C(=O)C[C@@H](c2ccccc2Cl)C3)c(OC)cc1Br. The number of hydrogen-bond donors (Lipinski definition) is 1. The zero-order valence-corrected chi connectivity index (χ0v) is 19.0. The van der Waals surface area contributed by atoms with Crippen LogP contribution in [-0.2, 0) is 9.59 Å². The van der Waals surface area contributed by atoms with Crippen LogP contribution in [-0.4, -0.2) is 25.9 Å². The van der Waals surface area contributed by atoms with Crippen molar-refractivity contribution in [2.75, 3.05) is 14.2 Å². The van der Waals surface area contributed by atoms with Gasteiger partial charge in [0, 0.05) is 40.6 Å². The smallest absolute Gasteiger partial charge is 0.225 e. The van der Waals surface area contributed by atoms with Crippen molar-refractivity contribution in [1.82, 2.24) is 5.32 Å². The summed E-state index contributed by atoms with van der Waals surface area (Å²) in [6.45, 7) is 0. The van der Waals surface area contributed by atoms with E-state index in [1.807, 2.05) is 30.3 Å². The summed E-state index contributed by atoms with van der Waals surface area (Å²) in [6.07, 6.45) is 1.09. The van der Waals surface area contributed by atoms with E-state index in [1.54, 1.807) is 20.3 Å². The fraction of sp³-hybridized carbons (Fsp3) is 0.304. The third-order valence-corrected chi connectivity index (χ3v) is 6.72. The quantitative estimate of drug-likeness (QED) is 0.646. The van der Waals surface area contributed by atoms with E-state index in [0.29, 0.717) is 40.6 Å². The minimum atomic E-state index is -0.384. The number of rotatable bonds is 4. The summed E-state index contributed by atoms with van der Waals surface area (Å²) >= 11 is 9.84. The summed E-state index contributed by atoms with van der Waals surface area (Å²) in [4.78, 5) is 25.9. The van der Waals surface area contributed by atoms with Crippen molar-refractivity contribution < 1.29 is 19.1 Å². The highest BCUT2D eigenvalue weighted by atomic mass is 79.9. The van der Waals surface area contributed by atoms with Gasteiger partial charge in [-0.25, -0.2) is 0 Å². The number of amides is 1. The molecular weight excluding hydrogens is 470 g/mol. The van der Waals surface area contributed by atoms with Crippen LogP contribution < -0.4 is 14.8 Å². The molecule has 0 aromatic heterocycles. The third-order valence-electron chi connectivity index (χ3n) is 5.76. The van der Waals surface area contributed by atoms with Gasteiger partial charge in [0.05, 0.1) is 18.7 Å². The molecule has 7 heteroatoms. The first-order chi connectivity index (χ1) is 14.4. The van der Waals surface area contributed by atoms with Crippen molar-refractivity contribution in [3.8, 4) is 11.5 Å². The molecule has 4 rings (SSSR count). The number of hydrogen-bond acceptors (Lipinski definition) is 4. The lowest BCUT2D eigenvalue weighted by Crippen LogP contribution is -2.38. The predicted molar refractivity (Wildman–Crippen MR) is 118 cm³/mol. The number of nitrogens with one attached hydrogen (secondary N) is 1. The Labute approximate surface area is 188 Å². The fourth-order valence-electron chi connectivity index (χ4n) is 4.41. The number of ether oxygens (including phenoxy) is 2. The Morgan fingerprint density at radius 3 is 2.43 bits per heavy atom. The average Bonchev–Trinajstić information content (AvgIpc) is 2.72. The molecule has 1 N–H and O–H groups in total. The molecule has 0 saturated heterocycles. The van der Waals surface area contributed by atoms with E-state index in [4.69, 9.17) is 21.1 Å². The zero-order chi connectivity index (χ0) is 21.4. The third kappa shape index (κ3) is 3.74. The highest BCUT2D eigenvalue weighted by molar-refractivity contribution is 9.10. The fourth-order valence-corrected chi connectivity index (χ4v) is 5.18. The number of methoxy groups -OCH3 is 2. The van der Waals surface area contributed by atoms with Crippen molar-refractivity contribution in [3.63, 3.8) is 0 Å². The van der Waals surface area contributed by atoms with Crippen LogP contribution in [0, 0.1) is 0 Å². The Kier molecular flexibility index (Phi) is 5.89. The summed E-state index contributed by atoms with van der Waals surface area (Å²) in [5.41, 5.74) is 3.03.